The molecule has 2 N–H and O–H groups in total. The number of nitrogens with two attached hydrogens (primary N) is 1. The second kappa shape index (κ2) is 4.68. The third kappa shape index (κ3) is 2.22. The van der Waals surface area contributed by atoms with E-state index in [1.165, 1.54) is 13.2 Å². The fourth-order valence-corrected chi connectivity index (χ4v) is 1.59. The van der Waals surface area contributed by atoms with Crippen LogP contribution in [0.5, 0.6) is 5.75 Å². The second-order valence-corrected chi connectivity index (χ2v) is 3.62. The van der Waals surface area contributed by atoms with E-state index < -0.39 is 5.82 Å². The molecule has 2 rings (SSSR count). The normalized spacial score (nSPS) is 10.6. The summed E-state index contributed by atoms with van der Waals surface area (Å²) in [5.74, 6) is -0.140. The average molecular weight is 258 g/mol. The van der Waals surface area contributed by atoms with E-state index in [1.54, 1.807) is 0 Å². The first-order valence-electron chi connectivity index (χ1n) is 4.71. The first-order chi connectivity index (χ1) is 8.15. The largest absolute Gasteiger partial charge is 0.493 e. The van der Waals surface area contributed by atoms with Gasteiger partial charge in [-0.15, -0.1) is 0 Å². The summed E-state index contributed by atoms with van der Waals surface area (Å²) >= 11 is 5.76. The summed E-state index contributed by atoms with van der Waals surface area (Å²) in [7, 11) is 1.35. The molecule has 90 valence electrons. The van der Waals surface area contributed by atoms with Crippen molar-refractivity contribution >= 4 is 11.6 Å². The topological polar surface area (TPSA) is 74.2 Å². The van der Waals surface area contributed by atoms with Crippen LogP contribution in [0.15, 0.2) is 16.7 Å². The highest BCUT2D eigenvalue weighted by Gasteiger charge is 2.17. The van der Waals surface area contributed by atoms with Gasteiger partial charge in [0.2, 0.25) is 11.7 Å². The van der Waals surface area contributed by atoms with E-state index in [-0.39, 0.29) is 29.0 Å². The molecular weight excluding hydrogens is 249 g/mol. The van der Waals surface area contributed by atoms with Gasteiger partial charge in [0.15, 0.2) is 11.6 Å². The van der Waals surface area contributed by atoms with Gasteiger partial charge < -0.3 is 15.0 Å². The maximum atomic E-state index is 13.6. The molecule has 0 saturated carbocycles. The van der Waals surface area contributed by atoms with E-state index in [1.807, 2.05) is 0 Å². The van der Waals surface area contributed by atoms with E-state index >= 15 is 0 Å². The van der Waals surface area contributed by atoms with Crippen LogP contribution in [0.4, 0.5) is 4.39 Å². The Labute approximate surface area is 101 Å². The number of aromatic nitrogens is 2. The molecule has 0 fully saturated rings. The molecule has 0 unspecified atom stereocenters. The molecule has 17 heavy (non-hydrogen) atoms. The predicted octanol–water partition coefficient (Wildman–Crippen LogP) is 2.00. The fourth-order valence-electron chi connectivity index (χ4n) is 1.38. The lowest BCUT2D eigenvalue weighted by Gasteiger charge is -2.06. The molecule has 0 atom stereocenters. The van der Waals surface area contributed by atoms with Gasteiger partial charge in [-0.3, -0.25) is 0 Å². The summed E-state index contributed by atoms with van der Waals surface area (Å²) in [6.07, 6.45) is 0. The minimum atomic E-state index is -0.589. The van der Waals surface area contributed by atoms with Gasteiger partial charge in [0.1, 0.15) is 0 Å². The summed E-state index contributed by atoms with van der Waals surface area (Å²) in [6.45, 7) is 0.109. The summed E-state index contributed by atoms with van der Waals surface area (Å²) < 4.78 is 23.3. The van der Waals surface area contributed by atoms with Crippen molar-refractivity contribution < 1.29 is 13.7 Å². The zero-order valence-electron chi connectivity index (χ0n) is 8.91. The molecule has 0 bridgehead atoms. The Bertz CT molecular complexity index is 544. The minimum Gasteiger partial charge on any atom is -0.493 e. The van der Waals surface area contributed by atoms with Crippen molar-refractivity contribution in [2.24, 2.45) is 5.73 Å². The Morgan fingerprint density at radius 1 is 1.53 bits per heavy atom. The van der Waals surface area contributed by atoms with E-state index in [0.717, 1.165) is 6.07 Å². The van der Waals surface area contributed by atoms with Crippen LogP contribution in [-0.2, 0) is 6.54 Å². The predicted molar refractivity (Wildman–Crippen MR) is 59.1 cm³/mol. The van der Waals surface area contributed by atoms with Crippen LogP contribution in [0.2, 0.25) is 5.02 Å². The minimum absolute atomic E-state index is 0.0128. The fraction of sp³-hybridized carbons (Fsp3) is 0.200. The number of halogens is 2. The summed E-state index contributed by atoms with van der Waals surface area (Å²) in [5.41, 5.74) is 5.66. The van der Waals surface area contributed by atoms with Crippen LogP contribution in [-0.4, -0.2) is 17.3 Å². The molecule has 0 amide bonds. The van der Waals surface area contributed by atoms with Crippen LogP contribution >= 0.6 is 11.6 Å². The quantitative estimate of drug-likeness (QED) is 0.910. The lowest BCUT2D eigenvalue weighted by molar-refractivity contribution is 0.377. The van der Waals surface area contributed by atoms with Crippen molar-refractivity contribution in [3.63, 3.8) is 0 Å². The van der Waals surface area contributed by atoms with Crippen molar-refractivity contribution in [3.05, 3.63) is 28.9 Å². The maximum Gasteiger partial charge on any atom is 0.240 e. The first kappa shape index (κ1) is 11.8. The number of methoxy groups -OCH3 is 1. The molecule has 1 aromatic heterocycles. The number of benzene rings is 1. The molecule has 0 saturated heterocycles. The van der Waals surface area contributed by atoms with Gasteiger partial charge in [-0.25, -0.2) is 4.39 Å². The van der Waals surface area contributed by atoms with E-state index in [9.17, 15) is 4.39 Å². The molecule has 1 aromatic carbocycles. The standard InChI is InChI=1S/C10H9ClFN3O2/c1-16-9-6(2-5(11)3-7(9)12)10-14-8(4-13)17-15-10/h2-3H,4,13H2,1H3. The van der Waals surface area contributed by atoms with Gasteiger partial charge in [-0.1, -0.05) is 16.8 Å². The Morgan fingerprint density at radius 3 is 2.88 bits per heavy atom. The van der Waals surface area contributed by atoms with Crippen molar-refractivity contribution in [2.45, 2.75) is 6.54 Å². The van der Waals surface area contributed by atoms with Gasteiger partial charge in [-0.05, 0) is 12.1 Å². The Morgan fingerprint density at radius 2 is 2.29 bits per heavy atom. The van der Waals surface area contributed by atoms with Gasteiger partial charge in [0.25, 0.3) is 0 Å². The SMILES string of the molecule is COc1c(F)cc(Cl)cc1-c1noc(CN)n1. The van der Waals surface area contributed by atoms with Crippen LogP contribution in [0.25, 0.3) is 11.4 Å². The van der Waals surface area contributed by atoms with Crippen LogP contribution in [0.1, 0.15) is 5.89 Å². The summed E-state index contributed by atoms with van der Waals surface area (Å²) in [5, 5.41) is 3.90. The number of nitrogens with zero attached hydrogens (tertiary/aromatic N) is 2. The molecule has 1 heterocycles. The third-order valence-corrected chi connectivity index (χ3v) is 2.31. The second-order valence-electron chi connectivity index (χ2n) is 3.18. The zero-order chi connectivity index (χ0) is 12.4. The van der Waals surface area contributed by atoms with Crippen molar-refractivity contribution in [1.29, 1.82) is 0 Å². The van der Waals surface area contributed by atoms with Crippen LogP contribution < -0.4 is 10.5 Å². The number of ether oxygens (including phenoxy) is 1. The van der Waals surface area contributed by atoms with Crippen LogP contribution in [0.3, 0.4) is 0 Å². The highest BCUT2D eigenvalue weighted by Crippen LogP contribution is 2.33. The third-order valence-electron chi connectivity index (χ3n) is 2.10. The van der Waals surface area contributed by atoms with E-state index in [4.69, 9.17) is 26.6 Å². The molecule has 2 aromatic rings. The van der Waals surface area contributed by atoms with Crippen molar-refractivity contribution in [1.82, 2.24) is 10.1 Å². The molecule has 0 aliphatic rings. The highest BCUT2D eigenvalue weighted by molar-refractivity contribution is 6.31. The Kier molecular flexibility index (Phi) is 3.26. The zero-order valence-corrected chi connectivity index (χ0v) is 9.66. The Balaban J connectivity index is 2.57. The van der Waals surface area contributed by atoms with Gasteiger partial charge in [-0.2, -0.15) is 4.98 Å². The van der Waals surface area contributed by atoms with Gasteiger partial charge >= 0.3 is 0 Å². The number of rotatable bonds is 3. The lowest BCUT2D eigenvalue weighted by Crippen LogP contribution is -1.96. The summed E-state index contributed by atoms with van der Waals surface area (Å²) in [6, 6.07) is 2.64. The summed E-state index contributed by atoms with van der Waals surface area (Å²) in [4.78, 5) is 3.98. The molecule has 0 aliphatic carbocycles. The lowest BCUT2D eigenvalue weighted by atomic mass is 10.2. The van der Waals surface area contributed by atoms with E-state index in [2.05, 4.69) is 10.1 Å². The van der Waals surface area contributed by atoms with Crippen molar-refractivity contribution in [2.75, 3.05) is 7.11 Å². The molecule has 0 radical (unpaired) electrons. The van der Waals surface area contributed by atoms with Crippen molar-refractivity contribution in [3.8, 4) is 17.1 Å². The van der Waals surface area contributed by atoms with Gasteiger partial charge in [0, 0.05) is 5.02 Å². The molecular formula is C10H9ClFN3O2. The van der Waals surface area contributed by atoms with Crippen LogP contribution in [0, 0.1) is 5.82 Å². The van der Waals surface area contributed by atoms with Gasteiger partial charge in [0.05, 0.1) is 19.2 Å². The molecule has 0 spiro atoms. The monoisotopic (exact) mass is 257 g/mol. The highest BCUT2D eigenvalue weighted by atomic mass is 35.5. The average Bonchev–Trinajstić information content (AvgIpc) is 2.76. The molecule has 7 heteroatoms. The Hall–Kier alpha value is -1.66. The molecule has 0 aliphatic heterocycles. The first-order valence-corrected chi connectivity index (χ1v) is 5.09. The smallest absolute Gasteiger partial charge is 0.240 e. The maximum absolute atomic E-state index is 13.6. The molecule has 5 nitrogen and oxygen atoms in total. The number of hydrogen-bond donors (Lipinski definition) is 1. The number of hydrogen-bond acceptors (Lipinski definition) is 5. The van der Waals surface area contributed by atoms with E-state index in [0.29, 0.717) is 5.56 Å².